The van der Waals surface area contributed by atoms with E-state index < -0.39 is 0 Å². The number of hydrogen-bond acceptors (Lipinski definition) is 4. The second-order valence-corrected chi connectivity index (χ2v) is 11.2. The van der Waals surface area contributed by atoms with Crippen LogP contribution in [0.4, 0.5) is 0 Å². The van der Waals surface area contributed by atoms with E-state index in [1.807, 2.05) is 43.3 Å². The summed E-state index contributed by atoms with van der Waals surface area (Å²) in [6, 6.07) is 23.1. The maximum absolute atomic E-state index is 12.5. The van der Waals surface area contributed by atoms with Gasteiger partial charge in [0.05, 0.1) is 22.6 Å². The van der Waals surface area contributed by atoms with Crippen molar-refractivity contribution < 1.29 is 19.1 Å². The predicted octanol–water partition coefficient (Wildman–Crippen LogP) is 9.35. The van der Waals surface area contributed by atoms with E-state index in [4.69, 9.17) is 21.1 Å². The summed E-state index contributed by atoms with van der Waals surface area (Å²) in [5, 5.41) is -0.175. The molecule has 0 heterocycles. The van der Waals surface area contributed by atoms with Crippen molar-refractivity contribution in [2.24, 2.45) is 5.92 Å². The Kier molecular flexibility index (Phi) is 12.1. The van der Waals surface area contributed by atoms with Crippen molar-refractivity contribution in [1.29, 1.82) is 0 Å². The van der Waals surface area contributed by atoms with Gasteiger partial charge in [0.25, 0.3) is 0 Å². The van der Waals surface area contributed by atoms with Crippen molar-refractivity contribution in [3.8, 4) is 22.3 Å². The first kappa shape index (κ1) is 30.4. The molecule has 0 fully saturated rings. The summed E-state index contributed by atoms with van der Waals surface area (Å²) in [6.07, 6.45) is 6.31. The summed E-state index contributed by atoms with van der Waals surface area (Å²) in [6.45, 7) is 8.55. The zero-order valence-corrected chi connectivity index (χ0v) is 24.4. The predicted molar refractivity (Wildman–Crippen MR) is 160 cm³/mol. The maximum Gasteiger partial charge on any atom is 0.338 e. The molecule has 0 saturated heterocycles. The molecule has 0 bridgehead atoms. The van der Waals surface area contributed by atoms with Crippen LogP contribution in [0, 0.1) is 5.92 Å². The minimum atomic E-state index is -0.361. The van der Waals surface area contributed by atoms with Gasteiger partial charge in [0, 0.05) is 0 Å². The summed E-state index contributed by atoms with van der Waals surface area (Å²) in [4.78, 5) is 24.9. The van der Waals surface area contributed by atoms with Crippen molar-refractivity contribution in [2.75, 3.05) is 6.61 Å². The van der Waals surface area contributed by atoms with Crippen LogP contribution in [0.25, 0.3) is 22.3 Å². The normalized spacial score (nSPS) is 12.7. The van der Waals surface area contributed by atoms with Gasteiger partial charge in [0.15, 0.2) is 0 Å². The third kappa shape index (κ3) is 9.85. The summed E-state index contributed by atoms with van der Waals surface area (Å²) in [7, 11) is 0. The van der Waals surface area contributed by atoms with E-state index in [-0.39, 0.29) is 30.0 Å². The van der Waals surface area contributed by atoms with Gasteiger partial charge in [-0.1, -0.05) is 88.6 Å². The van der Waals surface area contributed by atoms with Crippen LogP contribution in [-0.4, -0.2) is 30.0 Å². The first-order chi connectivity index (χ1) is 18.8. The zero-order valence-electron chi connectivity index (χ0n) is 23.6. The fourth-order valence-corrected chi connectivity index (χ4v) is 4.87. The minimum absolute atomic E-state index is 0.0750. The molecule has 0 aliphatic carbocycles. The third-order valence-electron chi connectivity index (χ3n) is 6.69. The second-order valence-electron chi connectivity index (χ2n) is 10.6. The van der Waals surface area contributed by atoms with Crippen LogP contribution < -0.4 is 0 Å². The molecule has 0 saturated carbocycles. The van der Waals surface area contributed by atoms with E-state index in [0.717, 1.165) is 41.5 Å². The number of ether oxygens (including phenoxy) is 2. The molecule has 3 aromatic rings. The number of hydrogen-bond donors (Lipinski definition) is 0. The highest BCUT2D eigenvalue weighted by Crippen LogP contribution is 2.26. The van der Waals surface area contributed by atoms with Crippen molar-refractivity contribution in [2.45, 2.75) is 77.7 Å². The van der Waals surface area contributed by atoms with E-state index in [0.29, 0.717) is 17.0 Å². The molecule has 208 valence electrons. The highest BCUT2D eigenvalue weighted by Gasteiger charge is 2.14. The van der Waals surface area contributed by atoms with E-state index in [9.17, 15) is 9.59 Å². The SMILES string of the molecule is CCCCCC[C@@H](C)OC(=O)c1ccc(-c2ccc(-c3ccc(C(=O)OC[C@H](Cl)CC(C)C)cc3)cc2)cc1. The fourth-order valence-electron chi connectivity index (χ4n) is 4.45. The van der Waals surface area contributed by atoms with Crippen LogP contribution in [0.1, 0.15) is 86.9 Å². The van der Waals surface area contributed by atoms with Gasteiger partial charge in [-0.15, -0.1) is 11.6 Å². The van der Waals surface area contributed by atoms with Crippen LogP contribution in [-0.2, 0) is 9.47 Å². The molecule has 0 N–H and O–H groups in total. The molecule has 4 nitrogen and oxygen atoms in total. The maximum atomic E-state index is 12.5. The number of carbonyl (C=O) groups excluding carboxylic acids is 2. The fraction of sp³-hybridized carbons (Fsp3) is 0.412. The summed E-state index contributed by atoms with van der Waals surface area (Å²) >= 11 is 6.23. The third-order valence-corrected chi connectivity index (χ3v) is 6.99. The number of unbranched alkanes of at least 4 members (excludes halogenated alkanes) is 3. The average molecular weight is 549 g/mol. The number of halogens is 1. The van der Waals surface area contributed by atoms with Gasteiger partial charge >= 0.3 is 11.9 Å². The first-order valence-corrected chi connectivity index (χ1v) is 14.5. The lowest BCUT2D eigenvalue weighted by Gasteiger charge is -2.13. The molecular formula is C34H41ClO4. The Morgan fingerprint density at radius 1 is 0.692 bits per heavy atom. The Morgan fingerprint density at radius 2 is 1.15 bits per heavy atom. The van der Waals surface area contributed by atoms with Gasteiger partial charge in [0.2, 0.25) is 0 Å². The highest BCUT2D eigenvalue weighted by atomic mass is 35.5. The molecule has 39 heavy (non-hydrogen) atoms. The average Bonchev–Trinajstić information content (AvgIpc) is 2.94. The van der Waals surface area contributed by atoms with Gasteiger partial charge in [-0.25, -0.2) is 9.59 Å². The molecule has 3 rings (SSSR count). The van der Waals surface area contributed by atoms with Gasteiger partial charge in [-0.05, 0) is 78.6 Å². The van der Waals surface area contributed by atoms with Crippen LogP contribution in [0.2, 0.25) is 0 Å². The molecule has 5 heteroatoms. The van der Waals surface area contributed by atoms with E-state index in [1.165, 1.54) is 19.3 Å². The van der Waals surface area contributed by atoms with Crippen molar-refractivity contribution in [3.63, 3.8) is 0 Å². The molecule has 2 atom stereocenters. The smallest absolute Gasteiger partial charge is 0.338 e. The number of carbonyl (C=O) groups is 2. The van der Waals surface area contributed by atoms with Crippen LogP contribution in [0.5, 0.6) is 0 Å². The molecule has 0 unspecified atom stereocenters. The number of rotatable bonds is 14. The molecule has 3 aromatic carbocycles. The van der Waals surface area contributed by atoms with Crippen molar-refractivity contribution in [1.82, 2.24) is 0 Å². The largest absolute Gasteiger partial charge is 0.461 e. The van der Waals surface area contributed by atoms with Crippen LogP contribution >= 0.6 is 11.6 Å². The molecule has 0 aliphatic heterocycles. The standard InChI is InChI=1S/C34H41ClO4/c1-5-6-7-8-9-25(4)39-34(37)31-20-16-29(17-21-31)27-12-10-26(11-13-27)28-14-18-30(19-15-28)33(36)38-23-32(35)22-24(2)3/h10-21,24-25,32H,5-9,22-23H2,1-4H3/t25-,32-/m1/s1. The lowest BCUT2D eigenvalue weighted by molar-refractivity contribution is 0.0319. The first-order valence-electron chi connectivity index (χ1n) is 14.1. The van der Waals surface area contributed by atoms with Gasteiger partial charge in [-0.2, -0.15) is 0 Å². The molecular weight excluding hydrogens is 508 g/mol. The van der Waals surface area contributed by atoms with E-state index in [1.54, 1.807) is 12.1 Å². The van der Waals surface area contributed by atoms with Gasteiger partial charge in [0.1, 0.15) is 6.61 Å². The number of benzene rings is 3. The Labute approximate surface area is 238 Å². The van der Waals surface area contributed by atoms with Gasteiger partial charge < -0.3 is 9.47 Å². The molecule has 0 amide bonds. The highest BCUT2D eigenvalue weighted by molar-refractivity contribution is 6.20. The lowest BCUT2D eigenvalue weighted by Crippen LogP contribution is -2.16. The quantitative estimate of drug-likeness (QED) is 0.114. The molecule has 0 radical (unpaired) electrons. The Bertz CT molecular complexity index is 1170. The van der Waals surface area contributed by atoms with E-state index in [2.05, 4.69) is 45.0 Å². The van der Waals surface area contributed by atoms with E-state index >= 15 is 0 Å². The van der Waals surface area contributed by atoms with Crippen LogP contribution in [0.3, 0.4) is 0 Å². The summed E-state index contributed by atoms with van der Waals surface area (Å²) in [5.74, 6) is -0.177. The Hall–Kier alpha value is -3.11. The lowest BCUT2D eigenvalue weighted by atomic mass is 9.99. The van der Waals surface area contributed by atoms with Crippen molar-refractivity contribution >= 4 is 23.5 Å². The number of alkyl halides is 1. The summed E-state index contributed by atoms with van der Waals surface area (Å²) in [5.41, 5.74) is 5.21. The molecule has 0 aromatic heterocycles. The Morgan fingerprint density at radius 3 is 1.62 bits per heavy atom. The van der Waals surface area contributed by atoms with Gasteiger partial charge in [-0.3, -0.25) is 0 Å². The second kappa shape index (κ2) is 15.5. The molecule has 0 aliphatic rings. The minimum Gasteiger partial charge on any atom is -0.461 e. The monoisotopic (exact) mass is 548 g/mol. The zero-order chi connectivity index (χ0) is 28.2. The van der Waals surface area contributed by atoms with Crippen LogP contribution in [0.15, 0.2) is 72.8 Å². The van der Waals surface area contributed by atoms with Crippen molar-refractivity contribution in [3.05, 3.63) is 83.9 Å². The summed E-state index contributed by atoms with van der Waals surface area (Å²) < 4.78 is 11.0. The molecule has 0 spiro atoms. The number of esters is 2. The topological polar surface area (TPSA) is 52.6 Å². The Balaban J connectivity index is 1.55.